The summed E-state index contributed by atoms with van der Waals surface area (Å²) in [6.45, 7) is 1.58. The number of H-pyrrole nitrogens is 1. The number of ether oxygens (including phenoxy) is 2. The SMILES string of the molecule is CCOCn1cc([C@@H]2O[C@H](CO)C(O)[C@@H]2O)c(=O)[nH]c1=O. The van der Waals surface area contributed by atoms with Crippen molar-refractivity contribution in [2.75, 3.05) is 13.2 Å². The third-order valence-corrected chi connectivity index (χ3v) is 3.32. The van der Waals surface area contributed by atoms with E-state index in [0.717, 1.165) is 4.57 Å². The van der Waals surface area contributed by atoms with Crippen LogP contribution in [0.2, 0.25) is 0 Å². The molecule has 0 amide bonds. The number of hydrogen-bond donors (Lipinski definition) is 4. The summed E-state index contributed by atoms with van der Waals surface area (Å²) in [6, 6.07) is 0. The molecule has 0 saturated carbocycles. The van der Waals surface area contributed by atoms with Crippen molar-refractivity contribution in [3.63, 3.8) is 0 Å². The molecule has 4 atom stereocenters. The minimum Gasteiger partial charge on any atom is -0.394 e. The van der Waals surface area contributed by atoms with Crippen LogP contribution in [0.4, 0.5) is 0 Å². The largest absolute Gasteiger partial charge is 0.394 e. The maximum atomic E-state index is 11.9. The molecule has 118 valence electrons. The molecule has 2 heterocycles. The molecule has 0 bridgehead atoms. The van der Waals surface area contributed by atoms with Crippen LogP contribution in [0.1, 0.15) is 18.6 Å². The van der Waals surface area contributed by atoms with Gasteiger partial charge in [-0.2, -0.15) is 0 Å². The van der Waals surface area contributed by atoms with Gasteiger partial charge in [0.1, 0.15) is 31.1 Å². The number of nitrogens with one attached hydrogen (secondary N) is 1. The zero-order valence-corrected chi connectivity index (χ0v) is 11.4. The van der Waals surface area contributed by atoms with Crippen LogP contribution < -0.4 is 11.2 Å². The Kier molecular flexibility index (Phi) is 4.91. The number of rotatable bonds is 5. The fraction of sp³-hybridized carbons (Fsp3) is 0.667. The summed E-state index contributed by atoms with van der Waals surface area (Å²) in [5.41, 5.74) is -1.39. The highest BCUT2D eigenvalue weighted by Gasteiger charge is 2.44. The lowest BCUT2D eigenvalue weighted by Gasteiger charge is -2.15. The molecule has 0 radical (unpaired) electrons. The van der Waals surface area contributed by atoms with Gasteiger partial charge in [0.05, 0.1) is 12.2 Å². The molecule has 2 rings (SSSR count). The molecule has 21 heavy (non-hydrogen) atoms. The predicted molar refractivity (Wildman–Crippen MR) is 69.7 cm³/mol. The van der Waals surface area contributed by atoms with E-state index < -0.39 is 42.3 Å². The summed E-state index contributed by atoms with van der Waals surface area (Å²) in [5, 5.41) is 28.7. The number of nitrogens with zero attached hydrogens (tertiary/aromatic N) is 1. The van der Waals surface area contributed by atoms with Gasteiger partial charge in [-0.3, -0.25) is 14.3 Å². The highest BCUT2D eigenvalue weighted by molar-refractivity contribution is 5.14. The lowest BCUT2D eigenvalue weighted by Crippen LogP contribution is -2.36. The first-order valence-corrected chi connectivity index (χ1v) is 6.53. The molecule has 1 aliphatic heterocycles. The Morgan fingerprint density at radius 1 is 1.38 bits per heavy atom. The van der Waals surface area contributed by atoms with E-state index >= 15 is 0 Å². The standard InChI is InChI=1S/C12H18N2O7/c1-2-20-5-14-3-6(11(18)13-12(14)19)10-9(17)8(16)7(4-15)21-10/h3,7-10,15-17H,2,4-5H2,1H3,(H,13,18,19)/t7-,8?,9+,10+/m1/s1. The van der Waals surface area contributed by atoms with Gasteiger partial charge in [0.15, 0.2) is 0 Å². The van der Waals surface area contributed by atoms with E-state index in [1.54, 1.807) is 6.92 Å². The Hall–Kier alpha value is -1.52. The Labute approximate surface area is 119 Å². The van der Waals surface area contributed by atoms with Crippen molar-refractivity contribution in [1.82, 2.24) is 9.55 Å². The molecule has 0 aromatic carbocycles. The maximum absolute atomic E-state index is 11.9. The zero-order valence-electron chi connectivity index (χ0n) is 11.4. The van der Waals surface area contributed by atoms with Crippen LogP contribution in [0.3, 0.4) is 0 Å². The van der Waals surface area contributed by atoms with Crippen LogP contribution in [0.5, 0.6) is 0 Å². The summed E-state index contributed by atoms with van der Waals surface area (Å²) >= 11 is 0. The van der Waals surface area contributed by atoms with Crippen molar-refractivity contribution in [3.8, 4) is 0 Å². The number of aromatic amines is 1. The molecule has 0 aliphatic carbocycles. The van der Waals surface area contributed by atoms with Crippen molar-refractivity contribution >= 4 is 0 Å². The van der Waals surface area contributed by atoms with Crippen LogP contribution in [0.15, 0.2) is 15.8 Å². The van der Waals surface area contributed by atoms with E-state index in [1.807, 2.05) is 0 Å². The van der Waals surface area contributed by atoms with E-state index in [2.05, 4.69) is 4.98 Å². The molecule has 1 saturated heterocycles. The van der Waals surface area contributed by atoms with Gasteiger partial charge in [0, 0.05) is 12.8 Å². The first-order chi connectivity index (χ1) is 9.99. The summed E-state index contributed by atoms with van der Waals surface area (Å²) < 4.78 is 11.5. The van der Waals surface area contributed by atoms with Crippen molar-refractivity contribution in [1.29, 1.82) is 0 Å². The Morgan fingerprint density at radius 3 is 2.67 bits per heavy atom. The minimum atomic E-state index is -1.37. The second-order valence-electron chi connectivity index (χ2n) is 4.69. The Bertz CT molecular complexity index is 596. The van der Waals surface area contributed by atoms with Gasteiger partial charge in [0.2, 0.25) is 0 Å². The van der Waals surface area contributed by atoms with E-state index in [9.17, 15) is 19.8 Å². The molecule has 1 aliphatic rings. The molecule has 4 N–H and O–H groups in total. The van der Waals surface area contributed by atoms with E-state index in [-0.39, 0.29) is 12.3 Å². The summed E-state index contributed by atoms with van der Waals surface area (Å²) in [4.78, 5) is 25.6. The smallest absolute Gasteiger partial charge is 0.330 e. The summed E-state index contributed by atoms with van der Waals surface area (Å²) in [5.74, 6) is 0. The molecule has 1 aromatic heterocycles. The van der Waals surface area contributed by atoms with Crippen molar-refractivity contribution in [3.05, 3.63) is 32.6 Å². The van der Waals surface area contributed by atoms with Gasteiger partial charge in [-0.05, 0) is 6.92 Å². The van der Waals surface area contributed by atoms with Gasteiger partial charge in [-0.25, -0.2) is 4.79 Å². The Morgan fingerprint density at radius 2 is 2.10 bits per heavy atom. The first-order valence-electron chi connectivity index (χ1n) is 6.53. The summed E-state index contributed by atoms with van der Waals surface area (Å²) in [6.07, 6.45) is -3.59. The minimum absolute atomic E-state index is 0.0168. The number of aliphatic hydroxyl groups excluding tert-OH is 3. The van der Waals surface area contributed by atoms with E-state index in [4.69, 9.17) is 14.6 Å². The predicted octanol–water partition coefficient (Wildman–Crippen LogP) is -2.32. The number of aliphatic hydroxyl groups is 3. The fourth-order valence-electron chi connectivity index (χ4n) is 2.17. The van der Waals surface area contributed by atoms with Crippen LogP contribution in [-0.4, -0.2) is 56.4 Å². The molecular formula is C12H18N2O7. The second kappa shape index (κ2) is 6.50. The average molecular weight is 302 g/mol. The topological polar surface area (TPSA) is 134 Å². The molecule has 9 nitrogen and oxygen atoms in total. The third kappa shape index (κ3) is 3.06. The van der Waals surface area contributed by atoms with Crippen molar-refractivity contribution < 1.29 is 24.8 Å². The molecule has 9 heteroatoms. The normalized spacial score (nSPS) is 29.0. The Balaban J connectivity index is 2.35. The maximum Gasteiger partial charge on any atom is 0.330 e. The zero-order chi connectivity index (χ0) is 15.6. The highest BCUT2D eigenvalue weighted by atomic mass is 16.6. The lowest BCUT2D eigenvalue weighted by molar-refractivity contribution is -0.0235. The molecule has 0 spiro atoms. The van der Waals surface area contributed by atoms with Gasteiger partial charge in [0.25, 0.3) is 5.56 Å². The third-order valence-electron chi connectivity index (χ3n) is 3.32. The van der Waals surface area contributed by atoms with Crippen molar-refractivity contribution in [2.45, 2.75) is 38.1 Å². The number of aromatic nitrogens is 2. The van der Waals surface area contributed by atoms with Gasteiger partial charge >= 0.3 is 5.69 Å². The molecule has 1 unspecified atom stereocenters. The van der Waals surface area contributed by atoms with Gasteiger partial charge < -0.3 is 24.8 Å². The van der Waals surface area contributed by atoms with Crippen LogP contribution in [0, 0.1) is 0 Å². The van der Waals surface area contributed by atoms with E-state index in [1.165, 1.54) is 6.20 Å². The first kappa shape index (κ1) is 15.9. The van der Waals surface area contributed by atoms with Gasteiger partial charge in [-0.15, -0.1) is 0 Å². The molecular weight excluding hydrogens is 284 g/mol. The van der Waals surface area contributed by atoms with Crippen molar-refractivity contribution in [2.24, 2.45) is 0 Å². The fourth-order valence-corrected chi connectivity index (χ4v) is 2.17. The second-order valence-corrected chi connectivity index (χ2v) is 4.69. The lowest BCUT2D eigenvalue weighted by atomic mass is 10.0. The van der Waals surface area contributed by atoms with Crippen LogP contribution in [-0.2, 0) is 16.2 Å². The quantitative estimate of drug-likeness (QED) is 0.480. The van der Waals surface area contributed by atoms with Crippen LogP contribution in [0.25, 0.3) is 0 Å². The monoisotopic (exact) mass is 302 g/mol. The summed E-state index contributed by atoms with van der Waals surface area (Å²) in [7, 11) is 0. The number of hydrogen-bond acceptors (Lipinski definition) is 7. The van der Waals surface area contributed by atoms with Crippen LogP contribution >= 0.6 is 0 Å². The highest BCUT2D eigenvalue weighted by Crippen LogP contribution is 2.31. The molecule has 1 aromatic rings. The van der Waals surface area contributed by atoms with Gasteiger partial charge in [-0.1, -0.05) is 0 Å². The molecule has 1 fully saturated rings. The van der Waals surface area contributed by atoms with E-state index in [0.29, 0.717) is 6.61 Å². The average Bonchev–Trinajstić information content (AvgIpc) is 2.74.